The monoisotopic (exact) mass is 351 g/mol. The highest BCUT2D eigenvalue weighted by atomic mass is 35.5. The minimum atomic E-state index is 0.539. The van der Waals surface area contributed by atoms with E-state index in [9.17, 15) is 0 Å². The van der Waals surface area contributed by atoms with E-state index in [-0.39, 0.29) is 0 Å². The fourth-order valence-electron chi connectivity index (χ4n) is 2.77. The van der Waals surface area contributed by atoms with Crippen molar-refractivity contribution in [2.45, 2.75) is 31.8 Å². The van der Waals surface area contributed by atoms with E-state index in [4.69, 9.17) is 16.3 Å². The quantitative estimate of drug-likeness (QED) is 0.843. The third-order valence-electron chi connectivity index (χ3n) is 4.21. The molecule has 1 aromatic carbocycles. The molecule has 0 spiro atoms. The molecule has 23 heavy (non-hydrogen) atoms. The van der Waals surface area contributed by atoms with E-state index in [1.807, 2.05) is 24.3 Å². The Hall–Kier alpha value is -1.30. The molecule has 0 radical (unpaired) electrons. The summed E-state index contributed by atoms with van der Waals surface area (Å²) in [6.45, 7) is 2.68. The zero-order valence-electron chi connectivity index (χ0n) is 13.3. The number of hydrogen-bond donors (Lipinski definition) is 1. The normalized spacial score (nSPS) is 18.8. The molecule has 1 atom stereocenters. The Kier molecular flexibility index (Phi) is 5.75. The van der Waals surface area contributed by atoms with Gasteiger partial charge in [0.15, 0.2) is 4.47 Å². The van der Waals surface area contributed by atoms with E-state index >= 15 is 0 Å². The third kappa shape index (κ3) is 4.83. The van der Waals surface area contributed by atoms with E-state index in [0.29, 0.717) is 10.5 Å². The van der Waals surface area contributed by atoms with Crippen molar-refractivity contribution in [2.24, 2.45) is 0 Å². The molecule has 1 aromatic heterocycles. The predicted octanol–water partition coefficient (Wildman–Crippen LogP) is 4.27. The molecule has 4 nitrogen and oxygen atoms in total. The molecule has 2 heterocycles. The molecule has 0 amide bonds. The summed E-state index contributed by atoms with van der Waals surface area (Å²) in [6.07, 6.45) is 5.65. The van der Waals surface area contributed by atoms with Crippen LogP contribution in [0, 0.1) is 0 Å². The number of ether oxygens (including phenoxy) is 1. The summed E-state index contributed by atoms with van der Waals surface area (Å²) in [7, 11) is 2.19. The van der Waals surface area contributed by atoms with Crippen molar-refractivity contribution in [1.29, 1.82) is 0 Å². The van der Waals surface area contributed by atoms with Gasteiger partial charge in [0, 0.05) is 22.8 Å². The van der Waals surface area contributed by atoms with Gasteiger partial charge in [-0.25, -0.2) is 4.98 Å². The van der Waals surface area contributed by atoms with Crippen molar-refractivity contribution in [3.63, 3.8) is 0 Å². The van der Waals surface area contributed by atoms with Crippen LogP contribution in [0.4, 0.5) is 5.69 Å². The Balaban J connectivity index is 1.46. The van der Waals surface area contributed by atoms with Crippen LogP contribution in [-0.4, -0.2) is 36.1 Å². The summed E-state index contributed by atoms with van der Waals surface area (Å²) in [5, 5.41) is 3.36. The maximum atomic E-state index is 5.94. The molecule has 3 rings (SSSR count). The summed E-state index contributed by atoms with van der Waals surface area (Å²) in [4.78, 5) is 7.56. The number of anilines is 1. The number of nitrogens with one attached hydrogen (secondary N) is 1. The van der Waals surface area contributed by atoms with Crippen molar-refractivity contribution in [3.05, 3.63) is 39.8 Å². The van der Waals surface area contributed by atoms with Gasteiger partial charge in [-0.3, -0.25) is 0 Å². The van der Waals surface area contributed by atoms with Crippen LogP contribution < -0.4 is 10.1 Å². The molecular formula is C17H22ClN3OS. The molecule has 1 aliphatic rings. The van der Waals surface area contributed by atoms with Crippen LogP contribution in [0.15, 0.2) is 30.5 Å². The van der Waals surface area contributed by atoms with E-state index in [1.54, 1.807) is 6.20 Å². The lowest BCUT2D eigenvalue weighted by atomic mass is 10.0. The molecule has 1 unspecified atom stereocenters. The van der Waals surface area contributed by atoms with Crippen LogP contribution in [0.5, 0.6) is 5.75 Å². The summed E-state index contributed by atoms with van der Waals surface area (Å²) >= 11 is 7.33. The molecule has 1 saturated heterocycles. The minimum absolute atomic E-state index is 0.539. The van der Waals surface area contributed by atoms with Crippen molar-refractivity contribution >= 4 is 28.6 Å². The maximum Gasteiger partial charge on any atom is 0.183 e. The molecule has 0 aliphatic carbocycles. The number of benzene rings is 1. The Morgan fingerprint density at radius 1 is 1.35 bits per heavy atom. The molecule has 1 N–H and O–H groups in total. The number of halogens is 1. The smallest absolute Gasteiger partial charge is 0.183 e. The van der Waals surface area contributed by atoms with E-state index in [0.717, 1.165) is 29.5 Å². The Bertz CT molecular complexity index is 617. The second-order valence-corrected chi connectivity index (χ2v) is 7.60. The highest BCUT2D eigenvalue weighted by Gasteiger charge is 2.19. The lowest BCUT2D eigenvalue weighted by Gasteiger charge is -2.32. The number of likely N-dealkylation sites (N-methyl/N-ethyl adjacent to an activating group) is 1. The Morgan fingerprint density at radius 3 is 2.87 bits per heavy atom. The Labute approximate surface area is 146 Å². The summed E-state index contributed by atoms with van der Waals surface area (Å²) < 4.78 is 6.52. The second-order valence-electron chi connectivity index (χ2n) is 5.90. The number of rotatable bonds is 6. The molecule has 2 aromatic rings. The molecule has 124 valence electrons. The zero-order chi connectivity index (χ0) is 16.1. The summed E-state index contributed by atoms with van der Waals surface area (Å²) in [5.41, 5.74) is 1.07. The second kappa shape index (κ2) is 7.99. The van der Waals surface area contributed by atoms with Gasteiger partial charge in [-0.2, -0.15) is 0 Å². The minimum Gasteiger partial charge on any atom is -0.492 e. The first-order chi connectivity index (χ1) is 11.2. The van der Waals surface area contributed by atoms with Gasteiger partial charge < -0.3 is 15.0 Å². The van der Waals surface area contributed by atoms with Gasteiger partial charge in [-0.1, -0.05) is 18.0 Å². The largest absolute Gasteiger partial charge is 0.492 e. The summed E-state index contributed by atoms with van der Waals surface area (Å²) in [5.74, 6) is 0.926. The first-order valence-corrected chi connectivity index (χ1v) is 9.17. The van der Waals surface area contributed by atoms with Gasteiger partial charge >= 0.3 is 0 Å². The fourth-order valence-corrected chi connectivity index (χ4v) is 3.69. The SMILES string of the molecule is CN1CCCCC1COc1ccc(NCc2cnc(Cl)s2)cc1. The molecule has 1 aliphatic heterocycles. The van der Waals surface area contributed by atoms with Gasteiger partial charge in [-0.15, -0.1) is 11.3 Å². The molecule has 0 saturated carbocycles. The van der Waals surface area contributed by atoms with Crippen LogP contribution in [-0.2, 0) is 6.54 Å². The lowest BCUT2D eigenvalue weighted by molar-refractivity contribution is 0.125. The molecule has 1 fully saturated rings. The third-order valence-corrected chi connectivity index (χ3v) is 5.33. The van der Waals surface area contributed by atoms with Crippen LogP contribution in [0.2, 0.25) is 4.47 Å². The fraction of sp³-hybridized carbons (Fsp3) is 0.471. The number of aromatic nitrogens is 1. The van der Waals surface area contributed by atoms with Crippen molar-refractivity contribution in [1.82, 2.24) is 9.88 Å². The first-order valence-electron chi connectivity index (χ1n) is 7.98. The number of nitrogens with zero attached hydrogens (tertiary/aromatic N) is 2. The molecular weight excluding hydrogens is 330 g/mol. The van der Waals surface area contributed by atoms with E-state index < -0.39 is 0 Å². The standard InChI is InChI=1S/C17H22ClN3OS/c1-21-9-3-2-4-14(21)12-22-15-7-5-13(6-8-15)19-10-16-11-20-17(18)23-16/h5-8,11,14,19H,2-4,9-10,12H2,1H3. The number of likely N-dealkylation sites (tertiary alicyclic amines) is 1. The summed E-state index contributed by atoms with van der Waals surface area (Å²) in [6, 6.07) is 8.67. The Morgan fingerprint density at radius 2 is 2.17 bits per heavy atom. The topological polar surface area (TPSA) is 37.4 Å². The van der Waals surface area contributed by atoms with Gasteiger partial charge in [-0.05, 0) is 50.7 Å². The predicted molar refractivity (Wildman–Crippen MR) is 96.7 cm³/mol. The number of thiazole rings is 1. The van der Waals surface area contributed by atoms with Crippen LogP contribution in [0.3, 0.4) is 0 Å². The maximum absolute atomic E-state index is 5.94. The van der Waals surface area contributed by atoms with Gasteiger partial charge in [0.2, 0.25) is 0 Å². The van der Waals surface area contributed by atoms with Gasteiger partial charge in [0.1, 0.15) is 12.4 Å². The van der Waals surface area contributed by atoms with Crippen LogP contribution in [0.1, 0.15) is 24.1 Å². The number of hydrogen-bond acceptors (Lipinski definition) is 5. The van der Waals surface area contributed by atoms with Crippen molar-refractivity contribution in [2.75, 3.05) is 25.5 Å². The average Bonchev–Trinajstić information content (AvgIpc) is 2.99. The van der Waals surface area contributed by atoms with E-state index in [2.05, 4.69) is 22.2 Å². The first kappa shape index (κ1) is 16.6. The highest BCUT2D eigenvalue weighted by molar-refractivity contribution is 7.15. The lowest BCUT2D eigenvalue weighted by Crippen LogP contribution is -2.40. The van der Waals surface area contributed by atoms with Crippen molar-refractivity contribution < 1.29 is 4.74 Å². The van der Waals surface area contributed by atoms with Crippen LogP contribution in [0.25, 0.3) is 0 Å². The highest BCUT2D eigenvalue weighted by Crippen LogP contribution is 2.21. The molecule has 6 heteroatoms. The average molecular weight is 352 g/mol. The van der Waals surface area contributed by atoms with E-state index in [1.165, 1.54) is 37.1 Å². The van der Waals surface area contributed by atoms with Crippen molar-refractivity contribution in [3.8, 4) is 5.75 Å². The zero-order valence-corrected chi connectivity index (χ0v) is 14.9. The van der Waals surface area contributed by atoms with Crippen LogP contribution >= 0.6 is 22.9 Å². The number of piperidine rings is 1. The molecule has 0 bridgehead atoms. The van der Waals surface area contributed by atoms with Gasteiger partial charge in [0.05, 0.1) is 6.54 Å². The van der Waals surface area contributed by atoms with Gasteiger partial charge in [0.25, 0.3) is 0 Å².